The summed E-state index contributed by atoms with van der Waals surface area (Å²) in [5, 5.41) is 3.59. The van der Waals surface area contributed by atoms with Crippen LogP contribution in [-0.2, 0) is 4.74 Å². The topological polar surface area (TPSA) is 24.5 Å². The number of ether oxygens (including phenoxy) is 1. The fourth-order valence-electron chi connectivity index (χ4n) is 3.91. The highest BCUT2D eigenvalue weighted by Gasteiger charge is 2.34. The monoisotopic (exact) mass is 268 g/mol. The molecule has 0 radical (unpaired) electrons. The van der Waals surface area contributed by atoms with Crippen LogP contribution in [-0.4, -0.2) is 51.3 Å². The van der Waals surface area contributed by atoms with E-state index in [9.17, 15) is 0 Å². The summed E-state index contributed by atoms with van der Waals surface area (Å²) in [7, 11) is 2.32. The zero-order chi connectivity index (χ0) is 13.6. The van der Waals surface area contributed by atoms with Crippen molar-refractivity contribution in [2.24, 2.45) is 11.3 Å². The highest BCUT2D eigenvalue weighted by Crippen LogP contribution is 2.38. The molecule has 112 valence electrons. The first-order valence-corrected chi connectivity index (χ1v) is 8.21. The SMILES string of the molecule is CCNCC1(CN(C)CC2CCOCC2)CCCC1. The van der Waals surface area contributed by atoms with Crippen LogP contribution < -0.4 is 5.32 Å². The first-order chi connectivity index (χ1) is 9.24. The molecule has 0 unspecified atom stereocenters. The average Bonchev–Trinajstić information content (AvgIpc) is 2.86. The summed E-state index contributed by atoms with van der Waals surface area (Å²) in [6.07, 6.45) is 8.19. The van der Waals surface area contributed by atoms with Gasteiger partial charge in [-0.25, -0.2) is 0 Å². The summed E-state index contributed by atoms with van der Waals surface area (Å²) in [5.74, 6) is 0.858. The van der Waals surface area contributed by atoms with Crippen LogP contribution >= 0.6 is 0 Å². The molecular weight excluding hydrogens is 236 g/mol. The molecule has 2 rings (SSSR count). The molecule has 3 nitrogen and oxygen atoms in total. The minimum absolute atomic E-state index is 0.552. The fourth-order valence-corrected chi connectivity index (χ4v) is 3.91. The van der Waals surface area contributed by atoms with Gasteiger partial charge in [-0.05, 0) is 50.6 Å². The van der Waals surface area contributed by atoms with Gasteiger partial charge in [0.15, 0.2) is 0 Å². The van der Waals surface area contributed by atoms with Crippen molar-refractivity contribution >= 4 is 0 Å². The molecule has 3 heteroatoms. The lowest BCUT2D eigenvalue weighted by Gasteiger charge is -2.36. The largest absolute Gasteiger partial charge is 0.381 e. The van der Waals surface area contributed by atoms with Crippen molar-refractivity contribution in [2.75, 3.05) is 46.4 Å². The lowest BCUT2D eigenvalue weighted by atomic mass is 9.85. The van der Waals surface area contributed by atoms with Crippen molar-refractivity contribution in [1.82, 2.24) is 10.2 Å². The predicted molar refractivity (Wildman–Crippen MR) is 80.5 cm³/mol. The van der Waals surface area contributed by atoms with Gasteiger partial charge in [-0.3, -0.25) is 0 Å². The molecule has 0 atom stereocenters. The number of rotatable bonds is 7. The summed E-state index contributed by atoms with van der Waals surface area (Å²) in [6, 6.07) is 0. The second kappa shape index (κ2) is 7.61. The lowest BCUT2D eigenvalue weighted by Crippen LogP contribution is -2.43. The van der Waals surface area contributed by atoms with Gasteiger partial charge in [0.1, 0.15) is 0 Å². The van der Waals surface area contributed by atoms with E-state index >= 15 is 0 Å². The van der Waals surface area contributed by atoms with Crippen LogP contribution in [0.25, 0.3) is 0 Å². The van der Waals surface area contributed by atoms with Crippen molar-refractivity contribution < 1.29 is 4.74 Å². The van der Waals surface area contributed by atoms with E-state index in [0.717, 1.165) is 25.7 Å². The minimum Gasteiger partial charge on any atom is -0.381 e. The van der Waals surface area contributed by atoms with Crippen LogP contribution in [0.1, 0.15) is 45.4 Å². The van der Waals surface area contributed by atoms with E-state index in [1.165, 1.54) is 58.2 Å². The van der Waals surface area contributed by atoms with Gasteiger partial charge in [-0.2, -0.15) is 0 Å². The van der Waals surface area contributed by atoms with Crippen LogP contribution in [0.2, 0.25) is 0 Å². The first kappa shape index (κ1) is 15.3. The molecule has 1 saturated carbocycles. The van der Waals surface area contributed by atoms with E-state index in [4.69, 9.17) is 4.74 Å². The Morgan fingerprint density at radius 2 is 1.89 bits per heavy atom. The summed E-state index contributed by atoms with van der Waals surface area (Å²) in [5.41, 5.74) is 0.552. The maximum absolute atomic E-state index is 5.46. The molecule has 1 heterocycles. The van der Waals surface area contributed by atoms with E-state index in [-0.39, 0.29) is 0 Å². The molecule has 2 aliphatic rings. The Kier molecular flexibility index (Phi) is 6.11. The van der Waals surface area contributed by atoms with Gasteiger partial charge in [-0.15, -0.1) is 0 Å². The second-order valence-corrected chi connectivity index (χ2v) is 6.74. The van der Waals surface area contributed by atoms with Crippen LogP contribution in [0.4, 0.5) is 0 Å². The number of hydrogen-bond donors (Lipinski definition) is 1. The van der Waals surface area contributed by atoms with Gasteiger partial charge in [0, 0.05) is 32.8 Å². The molecule has 0 aromatic rings. The fraction of sp³-hybridized carbons (Fsp3) is 1.00. The van der Waals surface area contributed by atoms with E-state index in [2.05, 4.69) is 24.2 Å². The molecule has 19 heavy (non-hydrogen) atoms. The molecule has 1 aliphatic heterocycles. The van der Waals surface area contributed by atoms with E-state index in [1.54, 1.807) is 0 Å². The van der Waals surface area contributed by atoms with Gasteiger partial charge in [0.25, 0.3) is 0 Å². The third kappa shape index (κ3) is 4.73. The van der Waals surface area contributed by atoms with Gasteiger partial charge in [0.2, 0.25) is 0 Å². The highest BCUT2D eigenvalue weighted by molar-refractivity contribution is 4.89. The highest BCUT2D eigenvalue weighted by atomic mass is 16.5. The van der Waals surface area contributed by atoms with E-state index in [1.807, 2.05) is 0 Å². The standard InChI is InChI=1S/C16H32N2O/c1-3-17-13-16(8-4-5-9-16)14-18(2)12-15-6-10-19-11-7-15/h15,17H,3-14H2,1-2H3. The third-order valence-electron chi connectivity index (χ3n) is 4.93. The smallest absolute Gasteiger partial charge is 0.0469 e. The Morgan fingerprint density at radius 1 is 1.21 bits per heavy atom. The Morgan fingerprint density at radius 3 is 2.53 bits per heavy atom. The summed E-state index contributed by atoms with van der Waals surface area (Å²) in [6.45, 7) is 9.01. The third-order valence-corrected chi connectivity index (χ3v) is 4.93. The Balaban J connectivity index is 1.78. The van der Waals surface area contributed by atoms with Gasteiger partial charge in [0.05, 0.1) is 0 Å². The zero-order valence-electron chi connectivity index (χ0n) is 12.9. The molecule has 1 saturated heterocycles. The molecule has 0 spiro atoms. The predicted octanol–water partition coefficient (Wildman–Crippen LogP) is 2.51. The van der Waals surface area contributed by atoms with Crippen LogP contribution in [0.15, 0.2) is 0 Å². The number of nitrogens with one attached hydrogen (secondary N) is 1. The van der Waals surface area contributed by atoms with Gasteiger partial charge >= 0.3 is 0 Å². The quantitative estimate of drug-likeness (QED) is 0.768. The molecule has 0 amide bonds. The minimum atomic E-state index is 0.552. The molecule has 0 aromatic carbocycles. The first-order valence-electron chi connectivity index (χ1n) is 8.21. The van der Waals surface area contributed by atoms with E-state index < -0.39 is 0 Å². The Bertz CT molecular complexity index is 245. The van der Waals surface area contributed by atoms with Crippen molar-refractivity contribution in [3.63, 3.8) is 0 Å². The van der Waals surface area contributed by atoms with Gasteiger partial charge in [-0.1, -0.05) is 19.8 Å². The summed E-state index contributed by atoms with van der Waals surface area (Å²) in [4.78, 5) is 2.60. The molecule has 1 N–H and O–H groups in total. The molecular formula is C16H32N2O. The summed E-state index contributed by atoms with van der Waals surface area (Å²) < 4.78 is 5.46. The molecule has 0 aromatic heterocycles. The van der Waals surface area contributed by atoms with Gasteiger partial charge < -0.3 is 15.0 Å². The van der Waals surface area contributed by atoms with E-state index in [0.29, 0.717) is 5.41 Å². The zero-order valence-corrected chi connectivity index (χ0v) is 12.9. The maximum Gasteiger partial charge on any atom is 0.0469 e. The summed E-state index contributed by atoms with van der Waals surface area (Å²) >= 11 is 0. The molecule has 1 aliphatic carbocycles. The average molecular weight is 268 g/mol. The number of nitrogens with zero attached hydrogens (tertiary/aromatic N) is 1. The van der Waals surface area contributed by atoms with Crippen LogP contribution in [0, 0.1) is 11.3 Å². The van der Waals surface area contributed by atoms with Crippen molar-refractivity contribution in [3.8, 4) is 0 Å². The Hall–Kier alpha value is -0.120. The van der Waals surface area contributed by atoms with Crippen molar-refractivity contribution in [1.29, 1.82) is 0 Å². The Labute approximate surface area is 119 Å². The van der Waals surface area contributed by atoms with Crippen molar-refractivity contribution in [3.05, 3.63) is 0 Å². The van der Waals surface area contributed by atoms with Crippen LogP contribution in [0.5, 0.6) is 0 Å². The van der Waals surface area contributed by atoms with Crippen LogP contribution in [0.3, 0.4) is 0 Å². The number of hydrogen-bond acceptors (Lipinski definition) is 3. The second-order valence-electron chi connectivity index (χ2n) is 6.74. The molecule has 2 fully saturated rings. The lowest BCUT2D eigenvalue weighted by molar-refractivity contribution is 0.0495. The van der Waals surface area contributed by atoms with Crippen molar-refractivity contribution in [2.45, 2.75) is 45.4 Å². The normalized spacial score (nSPS) is 24.2. The molecule has 0 bridgehead atoms. The maximum atomic E-state index is 5.46.